The maximum absolute atomic E-state index is 12.4. The smallest absolute Gasteiger partial charge is 0.478 e. The van der Waals surface area contributed by atoms with Crippen molar-refractivity contribution >= 4 is 29.2 Å². The van der Waals surface area contributed by atoms with Gasteiger partial charge in [-0.25, -0.2) is 9.59 Å². The molecule has 0 atom stereocenters. The predicted molar refractivity (Wildman–Crippen MR) is 97.3 cm³/mol. The number of carbonyl (C=O) groups excluding carboxylic acids is 1. The first-order valence-electron chi connectivity index (χ1n) is 8.35. The highest BCUT2D eigenvalue weighted by Gasteiger charge is 2.38. The summed E-state index contributed by atoms with van der Waals surface area (Å²) >= 11 is 1.51. The monoisotopic (exact) mass is 430 g/mol. The molecule has 0 fully saturated rings. The molecule has 0 aliphatic carbocycles. The van der Waals surface area contributed by atoms with Crippen LogP contribution in [0.1, 0.15) is 37.7 Å². The second-order valence-corrected chi connectivity index (χ2v) is 6.92. The van der Waals surface area contributed by atoms with Gasteiger partial charge < -0.3 is 15.1 Å². The van der Waals surface area contributed by atoms with Crippen molar-refractivity contribution in [3.05, 3.63) is 51.0 Å². The van der Waals surface area contributed by atoms with E-state index in [4.69, 9.17) is 9.90 Å². The molecule has 2 aromatic rings. The summed E-state index contributed by atoms with van der Waals surface area (Å²) in [7, 11) is 0. The third-order valence-corrected chi connectivity index (χ3v) is 4.86. The zero-order valence-corrected chi connectivity index (χ0v) is 16.0. The van der Waals surface area contributed by atoms with Gasteiger partial charge in [0.05, 0.1) is 16.8 Å². The van der Waals surface area contributed by atoms with Gasteiger partial charge in [-0.05, 0) is 36.4 Å². The Balaban J connectivity index is 0.000000370. The van der Waals surface area contributed by atoms with Crippen molar-refractivity contribution in [1.82, 2.24) is 9.88 Å². The fraction of sp³-hybridized carbons (Fsp3) is 0.333. The van der Waals surface area contributed by atoms with Crippen LogP contribution >= 0.6 is 11.3 Å². The van der Waals surface area contributed by atoms with Crippen LogP contribution in [0, 0.1) is 6.92 Å². The molecule has 1 aliphatic heterocycles. The van der Waals surface area contributed by atoms with Crippen molar-refractivity contribution in [3.63, 3.8) is 0 Å². The molecule has 1 amide bonds. The molecule has 0 saturated carbocycles. The number of rotatable bonds is 2. The van der Waals surface area contributed by atoms with Gasteiger partial charge in [0.2, 0.25) is 0 Å². The second-order valence-electron chi connectivity index (χ2n) is 6.14. The number of aliphatic carboxylic acids is 1. The zero-order chi connectivity index (χ0) is 21.8. The van der Waals surface area contributed by atoms with Gasteiger partial charge >= 0.3 is 18.1 Å². The zero-order valence-electron chi connectivity index (χ0n) is 15.2. The van der Waals surface area contributed by atoms with Crippen LogP contribution in [0.5, 0.6) is 0 Å². The van der Waals surface area contributed by atoms with Gasteiger partial charge in [0, 0.05) is 30.6 Å². The Morgan fingerprint density at radius 2 is 1.79 bits per heavy atom. The molecule has 0 aromatic carbocycles. The number of amides is 1. The number of carbonyl (C=O) groups is 3. The highest BCUT2D eigenvalue weighted by molar-refractivity contribution is 7.08. The van der Waals surface area contributed by atoms with Crippen molar-refractivity contribution in [3.8, 4) is 0 Å². The Kier molecular flexibility index (Phi) is 6.96. The molecule has 0 spiro atoms. The van der Waals surface area contributed by atoms with E-state index < -0.39 is 18.1 Å². The third-order valence-electron chi connectivity index (χ3n) is 4.18. The highest BCUT2D eigenvalue weighted by Crippen LogP contribution is 2.20. The lowest BCUT2D eigenvalue weighted by atomic mass is 10.0. The molecule has 0 saturated heterocycles. The van der Waals surface area contributed by atoms with E-state index in [-0.39, 0.29) is 11.5 Å². The molecule has 11 heteroatoms. The molecule has 0 bridgehead atoms. The van der Waals surface area contributed by atoms with Crippen molar-refractivity contribution < 1.29 is 37.8 Å². The number of carboxylic acids is 2. The quantitative estimate of drug-likeness (QED) is 0.758. The number of thiophene rings is 1. The van der Waals surface area contributed by atoms with Gasteiger partial charge in [0.25, 0.3) is 5.91 Å². The van der Waals surface area contributed by atoms with Crippen LogP contribution in [-0.2, 0) is 17.6 Å². The number of alkyl halides is 3. The summed E-state index contributed by atoms with van der Waals surface area (Å²) in [5, 5.41) is 20.1. The summed E-state index contributed by atoms with van der Waals surface area (Å²) < 4.78 is 31.7. The van der Waals surface area contributed by atoms with E-state index in [0.717, 1.165) is 11.3 Å². The first kappa shape index (κ1) is 22.3. The molecule has 0 unspecified atom stereocenters. The Bertz CT molecular complexity index is 913. The average molecular weight is 430 g/mol. The molecular formula is C18H17F3N2O5S. The molecule has 7 nitrogen and oxygen atoms in total. The number of hydrogen-bond donors (Lipinski definition) is 2. The standard InChI is InChI=1S/C16H16N2O3S.C2HF3O2/c1-10-13(16(20)21)8-11-2-5-18(6-3-14(11)17-10)15(19)12-4-7-22-9-12;3-2(4,5)1(6)7/h4,7-9H,2-3,5-6H2,1H3,(H,20,21);(H,6,7). The van der Waals surface area contributed by atoms with Gasteiger partial charge in [-0.3, -0.25) is 9.78 Å². The molecule has 29 heavy (non-hydrogen) atoms. The van der Waals surface area contributed by atoms with Crippen LogP contribution in [0.15, 0.2) is 22.9 Å². The van der Waals surface area contributed by atoms with Gasteiger partial charge in [0.15, 0.2) is 0 Å². The molecule has 3 heterocycles. The van der Waals surface area contributed by atoms with E-state index in [9.17, 15) is 27.9 Å². The molecule has 3 rings (SSSR count). The molecule has 1 aliphatic rings. The number of aryl methyl sites for hydroxylation is 1. The van der Waals surface area contributed by atoms with Gasteiger partial charge in [-0.1, -0.05) is 0 Å². The molecular weight excluding hydrogens is 413 g/mol. The second kappa shape index (κ2) is 9.03. The van der Waals surface area contributed by atoms with Crippen LogP contribution in [0.4, 0.5) is 13.2 Å². The average Bonchev–Trinajstić information content (AvgIpc) is 3.08. The summed E-state index contributed by atoms with van der Waals surface area (Å²) in [6.45, 7) is 2.91. The van der Waals surface area contributed by atoms with Crippen molar-refractivity contribution in [1.29, 1.82) is 0 Å². The lowest BCUT2D eigenvalue weighted by molar-refractivity contribution is -0.192. The summed E-state index contributed by atoms with van der Waals surface area (Å²) in [4.78, 5) is 38.8. The van der Waals surface area contributed by atoms with Crippen LogP contribution in [0.25, 0.3) is 0 Å². The maximum atomic E-state index is 12.4. The Hall–Kier alpha value is -2.95. The highest BCUT2D eigenvalue weighted by atomic mass is 32.1. The third kappa shape index (κ3) is 5.76. The fourth-order valence-corrected chi connectivity index (χ4v) is 3.36. The van der Waals surface area contributed by atoms with E-state index in [1.807, 2.05) is 21.7 Å². The minimum atomic E-state index is -5.08. The van der Waals surface area contributed by atoms with Crippen LogP contribution in [-0.4, -0.2) is 57.2 Å². The number of aromatic carboxylic acids is 1. The van der Waals surface area contributed by atoms with E-state index in [0.29, 0.717) is 37.2 Å². The number of pyridine rings is 1. The molecule has 0 radical (unpaired) electrons. The Morgan fingerprint density at radius 1 is 1.17 bits per heavy atom. The number of carboxylic acid groups (broad SMARTS) is 2. The van der Waals surface area contributed by atoms with E-state index in [1.54, 1.807) is 13.0 Å². The van der Waals surface area contributed by atoms with Crippen molar-refractivity contribution in [2.45, 2.75) is 25.9 Å². The fourth-order valence-electron chi connectivity index (χ4n) is 2.73. The first-order valence-corrected chi connectivity index (χ1v) is 9.29. The number of fused-ring (bicyclic) bond motifs is 1. The number of hydrogen-bond acceptors (Lipinski definition) is 5. The van der Waals surface area contributed by atoms with Gasteiger partial charge in [0.1, 0.15) is 0 Å². The van der Waals surface area contributed by atoms with Crippen LogP contribution < -0.4 is 0 Å². The summed E-state index contributed by atoms with van der Waals surface area (Å²) in [6, 6.07) is 3.54. The number of aromatic nitrogens is 1. The summed E-state index contributed by atoms with van der Waals surface area (Å²) in [6.07, 6.45) is -3.79. The van der Waals surface area contributed by atoms with Crippen LogP contribution in [0.2, 0.25) is 0 Å². The maximum Gasteiger partial charge on any atom is 0.490 e. The lowest BCUT2D eigenvalue weighted by Gasteiger charge is -2.19. The largest absolute Gasteiger partial charge is 0.490 e. The summed E-state index contributed by atoms with van der Waals surface area (Å²) in [5.41, 5.74) is 3.33. The molecule has 2 N–H and O–H groups in total. The van der Waals surface area contributed by atoms with Crippen LogP contribution in [0.3, 0.4) is 0 Å². The normalized spacial score (nSPS) is 13.6. The SMILES string of the molecule is Cc1nc2c(cc1C(=O)O)CCN(C(=O)c1ccsc1)CC2.O=C(O)C(F)(F)F. The van der Waals surface area contributed by atoms with E-state index in [2.05, 4.69) is 4.98 Å². The lowest BCUT2D eigenvalue weighted by Crippen LogP contribution is -2.33. The first-order chi connectivity index (χ1) is 13.5. The minimum absolute atomic E-state index is 0.0317. The summed E-state index contributed by atoms with van der Waals surface area (Å²) in [5.74, 6) is -3.68. The van der Waals surface area contributed by atoms with Crippen molar-refractivity contribution in [2.75, 3.05) is 13.1 Å². The van der Waals surface area contributed by atoms with Crippen molar-refractivity contribution in [2.24, 2.45) is 0 Å². The minimum Gasteiger partial charge on any atom is -0.478 e. The Morgan fingerprint density at radius 3 is 2.31 bits per heavy atom. The van der Waals surface area contributed by atoms with Gasteiger partial charge in [-0.15, -0.1) is 0 Å². The topological polar surface area (TPSA) is 108 Å². The number of halogens is 3. The van der Waals surface area contributed by atoms with E-state index in [1.165, 1.54) is 11.3 Å². The molecule has 2 aromatic heterocycles. The Labute approximate surface area is 167 Å². The predicted octanol–water partition coefficient (Wildman–Crippen LogP) is 3.02. The number of nitrogens with zero attached hydrogens (tertiary/aromatic N) is 2. The van der Waals surface area contributed by atoms with E-state index >= 15 is 0 Å². The van der Waals surface area contributed by atoms with Gasteiger partial charge in [-0.2, -0.15) is 24.5 Å². The molecule has 156 valence electrons.